The van der Waals surface area contributed by atoms with Gasteiger partial charge in [-0.3, -0.25) is 9.59 Å². The van der Waals surface area contributed by atoms with E-state index >= 15 is 0 Å². The maximum atomic E-state index is 12.3. The fourth-order valence-electron chi connectivity index (χ4n) is 2.41. The minimum absolute atomic E-state index is 0.121. The van der Waals surface area contributed by atoms with Crippen LogP contribution in [-0.2, 0) is 19.1 Å². The number of hydrogen-bond acceptors (Lipinski definition) is 4. The highest BCUT2D eigenvalue weighted by Crippen LogP contribution is 2.42. The summed E-state index contributed by atoms with van der Waals surface area (Å²) < 4.78 is 10.3. The highest BCUT2D eigenvalue weighted by Gasteiger charge is 2.51. The minimum Gasteiger partial charge on any atom is -0.465 e. The molecule has 1 aliphatic carbocycles. The summed E-state index contributed by atoms with van der Waals surface area (Å²) >= 11 is 0. The van der Waals surface area contributed by atoms with Crippen molar-refractivity contribution in [2.45, 2.75) is 53.4 Å². The van der Waals surface area contributed by atoms with E-state index in [-0.39, 0.29) is 19.1 Å². The molecule has 0 amide bonds. The van der Waals surface area contributed by atoms with Crippen molar-refractivity contribution in [3.8, 4) is 0 Å². The minimum atomic E-state index is -1.13. The summed E-state index contributed by atoms with van der Waals surface area (Å²) in [4.78, 5) is 24.7. The number of rotatable bonds is 8. The van der Waals surface area contributed by atoms with Crippen LogP contribution < -0.4 is 0 Å². The van der Waals surface area contributed by atoms with Crippen LogP contribution in [-0.4, -0.2) is 25.2 Å². The van der Waals surface area contributed by atoms with E-state index in [1.165, 1.54) is 12.8 Å². The van der Waals surface area contributed by atoms with Gasteiger partial charge in [-0.2, -0.15) is 0 Å². The molecule has 0 atom stereocenters. The zero-order valence-corrected chi connectivity index (χ0v) is 12.5. The molecule has 1 saturated carbocycles. The van der Waals surface area contributed by atoms with Crippen molar-refractivity contribution in [1.29, 1.82) is 0 Å². The van der Waals surface area contributed by atoms with Gasteiger partial charge in [-0.1, -0.05) is 26.7 Å². The Bertz CT molecular complexity index is 300. The molecule has 110 valence electrons. The molecule has 0 aromatic carbocycles. The average molecular weight is 270 g/mol. The van der Waals surface area contributed by atoms with Crippen molar-refractivity contribution in [1.82, 2.24) is 0 Å². The van der Waals surface area contributed by atoms with Gasteiger partial charge >= 0.3 is 11.9 Å². The Hall–Kier alpha value is -1.06. The highest BCUT2D eigenvalue weighted by molar-refractivity contribution is 6.00. The molecule has 0 radical (unpaired) electrons. The Labute approximate surface area is 115 Å². The highest BCUT2D eigenvalue weighted by atomic mass is 16.6. The number of carbonyl (C=O) groups excluding carboxylic acids is 2. The predicted octanol–water partition coefficient (Wildman–Crippen LogP) is 2.95. The van der Waals surface area contributed by atoms with Crippen LogP contribution in [0.25, 0.3) is 0 Å². The molecular formula is C15H26O4. The molecule has 0 heterocycles. The fraction of sp³-hybridized carbons (Fsp3) is 0.867. The molecule has 19 heavy (non-hydrogen) atoms. The molecule has 0 aromatic rings. The van der Waals surface area contributed by atoms with Crippen molar-refractivity contribution in [3.05, 3.63) is 0 Å². The largest absolute Gasteiger partial charge is 0.465 e. The number of ether oxygens (including phenoxy) is 2. The number of esters is 2. The lowest BCUT2D eigenvalue weighted by molar-refractivity contribution is -0.176. The van der Waals surface area contributed by atoms with Gasteiger partial charge < -0.3 is 9.47 Å². The zero-order chi connectivity index (χ0) is 14.5. The predicted molar refractivity (Wildman–Crippen MR) is 72.5 cm³/mol. The van der Waals surface area contributed by atoms with E-state index in [9.17, 15) is 9.59 Å². The van der Waals surface area contributed by atoms with E-state index in [2.05, 4.69) is 0 Å². The first-order chi connectivity index (χ1) is 8.98. The smallest absolute Gasteiger partial charge is 0.323 e. The first-order valence-electron chi connectivity index (χ1n) is 7.33. The molecule has 4 nitrogen and oxygen atoms in total. The van der Waals surface area contributed by atoms with E-state index in [1.54, 1.807) is 13.8 Å². The molecule has 0 aliphatic heterocycles. The Morgan fingerprint density at radius 2 is 1.58 bits per heavy atom. The zero-order valence-electron chi connectivity index (χ0n) is 12.5. The summed E-state index contributed by atoms with van der Waals surface area (Å²) in [6.07, 6.45) is 3.85. The fourth-order valence-corrected chi connectivity index (χ4v) is 2.41. The van der Waals surface area contributed by atoms with Gasteiger partial charge in [0.05, 0.1) is 13.2 Å². The number of carbonyl (C=O) groups is 2. The maximum absolute atomic E-state index is 12.3. The van der Waals surface area contributed by atoms with E-state index in [0.29, 0.717) is 12.3 Å². The van der Waals surface area contributed by atoms with Crippen LogP contribution in [0.1, 0.15) is 53.4 Å². The van der Waals surface area contributed by atoms with Crippen LogP contribution in [0, 0.1) is 17.3 Å². The standard InChI is InChI=1S/C15H26O4/c1-5-18-13(16)15(11(3)4,14(17)19-6-2)10-9-12-7-8-12/h11-12H,5-10H2,1-4H3. The third-order valence-corrected chi connectivity index (χ3v) is 3.91. The lowest BCUT2D eigenvalue weighted by atomic mass is 9.73. The van der Waals surface area contributed by atoms with Crippen LogP contribution in [0.15, 0.2) is 0 Å². The summed E-state index contributed by atoms with van der Waals surface area (Å²) in [7, 11) is 0. The molecule has 1 aliphatic rings. The summed E-state index contributed by atoms with van der Waals surface area (Å²) in [5.74, 6) is -0.306. The van der Waals surface area contributed by atoms with Crippen LogP contribution in [0.2, 0.25) is 0 Å². The second-order valence-electron chi connectivity index (χ2n) is 5.55. The van der Waals surface area contributed by atoms with Crippen molar-refractivity contribution in [2.24, 2.45) is 17.3 Å². The Balaban J connectivity index is 2.92. The second-order valence-corrected chi connectivity index (χ2v) is 5.55. The van der Waals surface area contributed by atoms with Gasteiger partial charge in [-0.05, 0) is 38.5 Å². The quantitative estimate of drug-likeness (QED) is 0.502. The summed E-state index contributed by atoms with van der Waals surface area (Å²) in [5.41, 5.74) is -1.13. The molecule has 0 unspecified atom stereocenters. The van der Waals surface area contributed by atoms with E-state index in [0.717, 1.165) is 6.42 Å². The topological polar surface area (TPSA) is 52.6 Å². The van der Waals surface area contributed by atoms with Gasteiger partial charge in [0.15, 0.2) is 5.41 Å². The molecule has 0 saturated heterocycles. The van der Waals surface area contributed by atoms with Crippen LogP contribution in [0.5, 0.6) is 0 Å². The lowest BCUT2D eigenvalue weighted by Crippen LogP contribution is -2.46. The van der Waals surface area contributed by atoms with Crippen LogP contribution >= 0.6 is 0 Å². The van der Waals surface area contributed by atoms with E-state index < -0.39 is 17.4 Å². The van der Waals surface area contributed by atoms with Crippen molar-refractivity contribution in [2.75, 3.05) is 13.2 Å². The van der Waals surface area contributed by atoms with Crippen molar-refractivity contribution < 1.29 is 19.1 Å². The molecule has 0 spiro atoms. The monoisotopic (exact) mass is 270 g/mol. The van der Waals surface area contributed by atoms with Gasteiger partial charge in [0, 0.05) is 0 Å². The molecular weight excluding hydrogens is 244 g/mol. The first-order valence-corrected chi connectivity index (χ1v) is 7.33. The lowest BCUT2D eigenvalue weighted by Gasteiger charge is -2.32. The molecule has 0 N–H and O–H groups in total. The normalized spacial score (nSPS) is 15.4. The van der Waals surface area contributed by atoms with Gasteiger partial charge in [0.25, 0.3) is 0 Å². The molecule has 0 aromatic heterocycles. The third-order valence-electron chi connectivity index (χ3n) is 3.91. The van der Waals surface area contributed by atoms with Gasteiger partial charge in [-0.25, -0.2) is 0 Å². The van der Waals surface area contributed by atoms with Gasteiger partial charge in [0.1, 0.15) is 0 Å². The number of hydrogen-bond donors (Lipinski definition) is 0. The molecule has 0 bridgehead atoms. The van der Waals surface area contributed by atoms with Gasteiger partial charge in [-0.15, -0.1) is 0 Å². The molecule has 4 heteroatoms. The third kappa shape index (κ3) is 3.71. The van der Waals surface area contributed by atoms with E-state index in [4.69, 9.17) is 9.47 Å². The molecule has 1 rings (SSSR count). The first kappa shape index (κ1) is 16.0. The summed E-state index contributed by atoms with van der Waals surface area (Å²) in [6.45, 7) is 7.87. The van der Waals surface area contributed by atoms with Crippen molar-refractivity contribution in [3.63, 3.8) is 0 Å². The van der Waals surface area contributed by atoms with Gasteiger partial charge in [0.2, 0.25) is 0 Å². The second kappa shape index (κ2) is 6.92. The van der Waals surface area contributed by atoms with Crippen LogP contribution in [0.3, 0.4) is 0 Å². The average Bonchev–Trinajstić information content (AvgIpc) is 3.14. The summed E-state index contributed by atoms with van der Waals surface area (Å²) in [5, 5.41) is 0. The molecule has 1 fully saturated rings. The maximum Gasteiger partial charge on any atom is 0.323 e. The Morgan fingerprint density at radius 1 is 1.11 bits per heavy atom. The Morgan fingerprint density at radius 3 is 1.89 bits per heavy atom. The van der Waals surface area contributed by atoms with Crippen LogP contribution in [0.4, 0.5) is 0 Å². The Kier molecular flexibility index (Phi) is 5.83. The summed E-state index contributed by atoms with van der Waals surface area (Å²) in [6, 6.07) is 0. The van der Waals surface area contributed by atoms with Crippen molar-refractivity contribution >= 4 is 11.9 Å². The SMILES string of the molecule is CCOC(=O)C(CCC1CC1)(C(=O)OCC)C(C)C. The van der Waals surface area contributed by atoms with E-state index in [1.807, 2.05) is 13.8 Å².